The second-order valence-corrected chi connectivity index (χ2v) is 4.49. The summed E-state index contributed by atoms with van der Waals surface area (Å²) in [6.07, 6.45) is 2.05. The summed E-state index contributed by atoms with van der Waals surface area (Å²) >= 11 is 0. The molecule has 14 heavy (non-hydrogen) atoms. The average Bonchev–Trinajstić information content (AvgIpc) is 2.02. The summed E-state index contributed by atoms with van der Waals surface area (Å²) in [4.78, 5) is 10.7. The second-order valence-electron chi connectivity index (χ2n) is 4.49. The summed E-state index contributed by atoms with van der Waals surface area (Å²) in [6, 6.07) is 0. The zero-order valence-corrected chi connectivity index (χ0v) is 9.71. The van der Waals surface area contributed by atoms with E-state index in [1.807, 2.05) is 0 Å². The standard InChI is InChI=1S/C11H22O3/c1-9(2)11(10(3)4)12-7-5-6-8-13-14-11/h9-10H,5-8H2,1-4H3. The van der Waals surface area contributed by atoms with Gasteiger partial charge in [0.05, 0.1) is 13.2 Å². The molecule has 0 N–H and O–H groups in total. The molecule has 0 unspecified atom stereocenters. The molecule has 3 nitrogen and oxygen atoms in total. The molecule has 0 aromatic carbocycles. The van der Waals surface area contributed by atoms with Crippen LogP contribution in [0.25, 0.3) is 0 Å². The van der Waals surface area contributed by atoms with Gasteiger partial charge in [0.25, 0.3) is 0 Å². The third kappa shape index (κ3) is 2.47. The molecular formula is C11H22O3. The van der Waals surface area contributed by atoms with Crippen LogP contribution in [0.2, 0.25) is 0 Å². The van der Waals surface area contributed by atoms with Crippen LogP contribution in [0.15, 0.2) is 0 Å². The molecule has 0 bridgehead atoms. The zero-order chi connectivity index (χ0) is 10.6. The maximum absolute atomic E-state index is 5.85. The van der Waals surface area contributed by atoms with E-state index in [2.05, 4.69) is 27.7 Å². The fraction of sp³-hybridized carbons (Fsp3) is 1.00. The van der Waals surface area contributed by atoms with E-state index < -0.39 is 5.79 Å². The van der Waals surface area contributed by atoms with Crippen molar-refractivity contribution >= 4 is 0 Å². The van der Waals surface area contributed by atoms with Crippen molar-refractivity contribution in [2.24, 2.45) is 11.8 Å². The summed E-state index contributed by atoms with van der Waals surface area (Å²) in [6.45, 7) is 9.84. The summed E-state index contributed by atoms with van der Waals surface area (Å²) in [7, 11) is 0. The highest BCUT2D eigenvalue weighted by Crippen LogP contribution is 2.33. The average molecular weight is 202 g/mol. The van der Waals surface area contributed by atoms with Crippen LogP contribution in [0, 0.1) is 11.8 Å². The molecule has 0 aliphatic carbocycles. The first-order valence-corrected chi connectivity index (χ1v) is 5.54. The molecule has 1 fully saturated rings. The van der Waals surface area contributed by atoms with Crippen LogP contribution in [0.5, 0.6) is 0 Å². The van der Waals surface area contributed by atoms with Gasteiger partial charge in [0, 0.05) is 11.8 Å². The highest BCUT2D eigenvalue weighted by Gasteiger charge is 2.41. The van der Waals surface area contributed by atoms with Crippen LogP contribution in [0.3, 0.4) is 0 Å². The van der Waals surface area contributed by atoms with Gasteiger partial charge in [-0.15, -0.1) is 0 Å². The van der Waals surface area contributed by atoms with Gasteiger partial charge in [-0.1, -0.05) is 27.7 Å². The lowest BCUT2D eigenvalue weighted by molar-refractivity contribution is -0.459. The van der Waals surface area contributed by atoms with Crippen molar-refractivity contribution in [3.05, 3.63) is 0 Å². The summed E-state index contributed by atoms with van der Waals surface area (Å²) < 4.78 is 5.85. The number of ether oxygens (including phenoxy) is 1. The van der Waals surface area contributed by atoms with Gasteiger partial charge in [-0.2, -0.15) is 0 Å². The monoisotopic (exact) mass is 202 g/mol. The Morgan fingerprint density at radius 3 is 2.07 bits per heavy atom. The largest absolute Gasteiger partial charge is 0.347 e. The Morgan fingerprint density at radius 1 is 0.929 bits per heavy atom. The molecule has 0 amide bonds. The Balaban J connectivity index is 2.71. The van der Waals surface area contributed by atoms with E-state index in [0.29, 0.717) is 18.4 Å². The van der Waals surface area contributed by atoms with Gasteiger partial charge >= 0.3 is 0 Å². The van der Waals surface area contributed by atoms with Gasteiger partial charge in [-0.3, -0.25) is 0 Å². The SMILES string of the molecule is CC(C)C1(C(C)C)OCCCCOO1. The van der Waals surface area contributed by atoms with E-state index in [1.54, 1.807) is 0 Å². The third-order valence-corrected chi connectivity index (χ3v) is 2.75. The number of rotatable bonds is 2. The van der Waals surface area contributed by atoms with Crippen LogP contribution < -0.4 is 0 Å². The van der Waals surface area contributed by atoms with Crippen LogP contribution in [-0.2, 0) is 14.5 Å². The maximum Gasteiger partial charge on any atom is 0.206 e. The first kappa shape index (κ1) is 12.0. The normalized spacial score (nSPS) is 23.6. The Kier molecular flexibility index (Phi) is 4.35. The lowest BCUT2D eigenvalue weighted by Gasteiger charge is -2.40. The summed E-state index contributed by atoms with van der Waals surface area (Å²) in [5.74, 6) is 0.0154. The molecule has 1 rings (SSSR count). The molecule has 0 atom stereocenters. The van der Waals surface area contributed by atoms with Gasteiger partial charge in [-0.05, 0) is 12.8 Å². The van der Waals surface area contributed by atoms with E-state index >= 15 is 0 Å². The molecule has 0 saturated carbocycles. The van der Waals surface area contributed by atoms with Crippen molar-refractivity contribution in [1.82, 2.24) is 0 Å². The predicted octanol–water partition coefficient (Wildman–Crippen LogP) is 2.75. The second kappa shape index (κ2) is 5.10. The molecular weight excluding hydrogens is 180 g/mol. The third-order valence-electron chi connectivity index (χ3n) is 2.75. The van der Waals surface area contributed by atoms with Gasteiger partial charge in [0.2, 0.25) is 5.79 Å². The number of hydrogen-bond donors (Lipinski definition) is 0. The van der Waals surface area contributed by atoms with Crippen molar-refractivity contribution in [2.45, 2.75) is 46.3 Å². The fourth-order valence-electron chi connectivity index (χ4n) is 1.85. The first-order valence-electron chi connectivity index (χ1n) is 5.54. The lowest BCUT2D eigenvalue weighted by Crippen LogP contribution is -2.47. The molecule has 1 saturated heterocycles. The van der Waals surface area contributed by atoms with Crippen LogP contribution in [0.4, 0.5) is 0 Å². The molecule has 84 valence electrons. The summed E-state index contributed by atoms with van der Waals surface area (Å²) in [5, 5.41) is 0. The van der Waals surface area contributed by atoms with E-state index in [-0.39, 0.29) is 0 Å². The highest BCUT2D eigenvalue weighted by molar-refractivity contribution is 4.77. The van der Waals surface area contributed by atoms with E-state index in [4.69, 9.17) is 14.5 Å². The number of hydrogen-bond acceptors (Lipinski definition) is 3. The molecule has 0 spiro atoms. The smallest absolute Gasteiger partial charge is 0.206 e. The maximum atomic E-state index is 5.85. The van der Waals surface area contributed by atoms with Crippen molar-refractivity contribution < 1.29 is 14.5 Å². The van der Waals surface area contributed by atoms with Gasteiger partial charge < -0.3 is 4.74 Å². The molecule has 1 aliphatic heterocycles. The quantitative estimate of drug-likeness (QED) is 0.644. The highest BCUT2D eigenvalue weighted by atomic mass is 17.2. The topological polar surface area (TPSA) is 27.7 Å². The summed E-state index contributed by atoms with van der Waals surface area (Å²) in [5.41, 5.74) is 0. The predicted molar refractivity (Wildman–Crippen MR) is 54.6 cm³/mol. The molecule has 0 aromatic heterocycles. The van der Waals surface area contributed by atoms with Crippen LogP contribution in [0.1, 0.15) is 40.5 Å². The molecule has 3 heteroatoms. The van der Waals surface area contributed by atoms with E-state index in [1.165, 1.54) is 0 Å². The van der Waals surface area contributed by atoms with Gasteiger partial charge in [0.1, 0.15) is 0 Å². The van der Waals surface area contributed by atoms with E-state index in [0.717, 1.165) is 19.4 Å². The Bertz CT molecular complexity index is 148. The molecule has 0 aromatic rings. The minimum atomic E-state index is -0.569. The Hall–Kier alpha value is -0.120. The molecule has 1 heterocycles. The Morgan fingerprint density at radius 2 is 1.50 bits per heavy atom. The van der Waals surface area contributed by atoms with Gasteiger partial charge in [-0.25, -0.2) is 9.78 Å². The minimum Gasteiger partial charge on any atom is -0.347 e. The van der Waals surface area contributed by atoms with Crippen molar-refractivity contribution in [2.75, 3.05) is 13.2 Å². The fourth-order valence-corrected chi connectivity index (χ4v) is 1.85. The van der Waals surface area contributed by atoms with E-state index in [9.17, 15) is 0 Å². The van der Waals surface area contributed by atoms with Crippen LogP contribution >= 0.6 is 0 Å². The first-order chi connectivity index (χ1) is 6.59. The van der Waals surface area contributed by atoms with Crippen LogP contribution in [-0.4, -0.2) is 19.0 Å². The van der Waals surface area contributed by atoms with Crippen molar-refractivity contribution in [3.8, 4) is 0 Å². The zero-order valence-electron chi connectivity index (χ0n) is 9.71. The van der Waals surface area contributed by atoms with Crippen molar-refractivity contribution in [1.29, 1.82) is 0 Å². The van der Waals surface area contributed by atoms with Crippen molar-refractivity contribution in [3.63, 3.8) is 0 Å². The Labute approximate surface area is 86.7 Å². The molecule has 0 radical (unpaired) electrons. The lowest BCUT2D eigenvalue weighted by atomic mass is 9.91. The minimum absolute atomic E-state index is 0.292. The molecule has 1 aliphatic rings. The van der Waals surface area contributed by atoms with Gasteiger partial charge in [0.15, 0.2) is 0 Å².